The topological polar surface area (TPSA) is 38.7 Å². The van der Waals surface area contributed by atoms with E-state index in [4.69, 9.17) is 9.47 Å². The van der Waals surface area contributed by atoms with E-state index in [0.717, 1.165) is 24.8 Å². The van der Waals surface area contributed by atoms with Crippen LogP contribution in [0.1, 0.15) is 57.6 Å². The summed E-state index contributed by atoms with van der Waals surface area (Å²) in [6.45, 7) is 4.47. The first-order valence-corrected chi connectivity index (χ1v) is 7.92. The minimum Gasteiger partial charge on any atom is -0.493 e. The summed E-state index contributed by atoms with van der Waals surface area (Å²) < 4.78 is 10.6. The lowest BCUT2D eigenvalue weighted by atomic mass is 9.72. The summed E-state index contributed by atoms with van der Waals surface area (Å²) in [5, 5.41) is 11.0. The highest BCUT2D eigenvalue weighted by atomic mass is 16.5. The first-order valence-electron chi connectivity index (χ1n) is 7.92. The minimum absolute atomic E-state index is 0.0216. The van der Waals surface area contributed by atoms with Crippen molar-refractivity contribution in [1.82, 2.24) is 0 Å². The van der Waals surface area contributed by atoms with Gasteiger partial charge in [-0.05, 0) is 42.9 Å². The van der Waals surface area contributed by atoms with Crippen molar-refractivity contribution in [1.29, 1.82) is 0 Å². The van der Waals surface area contributed by atoms with Gasteiger partial charge in [0.2, 0.25) is 0 Å². The van der Waals surface area contributed by atoms with Gasteiger partial charge in [0.05, 0.1) is 20.3 Å². The zero-order valence-electron chi connectivity index (χ0n) is 13.7. The van der Waals surface area contributed by atoms with Crippen molar-refractivity contribution in [3.05, 3.63) is 23.8 Å². The van der Waals surface area contributed by atoms with Crippen molar-refractivity contribution in [3.63, 3.8) is 0 Å². The number of hydrogen-bond donors (Lipinski definition) is 1. The molecule has 1 aromatic carbocycles. The molecule has 1 unspecified atom stereocenters. The lowest BCUT2D eigenvalue weighted by Gasteiger charge is -2.36. The molecule has 0 radical (unpaired) electrons. The molecule has 0 heterocycles. The summed E-state index contributed by atoms with van der Waals surface area (Å²) in [5.41, 5.74) is 0.962. The predicted molar refractivity (Wildman–Crippen MR) is 84.9 cm³/mol. The molecule has 3 heteroatoms. The van der Waals surface area contributed by atoms with Crippen LogP contribution in [0.25, 0.3) is 0 Å². The number of hydrogen-bond acceptors (Lipinski definition) is 3. The molecule has 118 valence electrons. The lowest BCUT2D eigenvalue weighted by molar-refractivity contribution is 0.0110. The van der Waals surface area contributed by atoms with E-state index in [0.29, 0.717) is 17.4 Å². The monoisotopic (exact) mass is 292 g/mol. The van der Waals surface area contributed by atoms with Gasteiger partial charge in [0.1, 0.15) is 0 Å². The lowest BCUT2D eigenvalue weighted by Crippen LogP contribution is -2.27. The van der Waals surface area contributed by atoms with Gasteiger partial charge in [-0.15, -0.1) is 0 Å². The van der Waals surface area contributed by atoms with E-state index in [1.807, 2.05) is 18.2 Å². The fourth-order valence-corrected chi connectivity index (χ4v) is 3.86. The van der Waals surface area contributed by atoms with Crippen molar-refractivity contribution in [2.24, 2.45) is 11.3 Å². The average molecular weight is 292 g/mol. The second kappa shape index (κ2) is 6.69. The molecule has 0 aromatic heterocycles. The maximum Gasteiger partial charge on any atom is 0.161 e. The molecule has 1 fully saturated rings. The molecule has 1 N–H and O–H groups in total. The minimum atomic E-state index is -0.429. The zero-order valence-corrected chi connectivity index (χ0v) is 13.7. The SMILES string of the molecule is COc1ccc(C(O)C2(CC(C)C)CCCC2)cc1OC. The molecular formula is C18H28O3. The van der Waals surface area contributed by atoms with Crippen molar-refractivity contribution in [2.45, 2.75) is 52.1 Å². The molecule has 1 atom stereocenters. The highest BCUT2D eigenvalue weighted by Crippen LogP contribution is 2.52. The summed E-state index contributed by atoms with van der Waals surface area (Å²) in [4.78, 5) is 0. The Kier molecular flexibility index (Phi) is 5.15. The maximum atomic E-state index is 11.0. The van der Waals surface area contributed by atoms with Crippen LogP contribution in [-0.2, 0) is 0 Å². The van der Waals surface area contributed by atoms with Crippen LogP contribution in [0.3, 0.4) is 0 Å². The highest BCUT2D eigenvalue weighted by Gasteiger charge is 2.41. The fourth-order valence-electron chi connectivity index (χ4n) is 3.86. The van der Waals surface area contributed by atoms with Crippen LogP contribution in [0.5, 0.6) is 11.5 Å². The van der Waals surface area contributed by atoms with Gasteiger partial charge in [-0.3, -0.25) is 0 Å². The third-order valence-corrected chi connectivity index (χ3v) is 4.72. The first kappa shape index (κ1) is 16.2. The number of methoxy groups -OCH3 is 2. The zero-order chi connectivity index (χ0) is 15.5. The second-order valence-electron chi connectivity index (χ2n) is 6.68. The van der Waals surface area contributed by atoms with Crippen molar-refractivity contribution < 1.29 is 14.6 Å². The van der Waals surface area contributed by atoms with Crippen molar-refractivity contribution in [2.75, 3.05) is 14.2 Å². The molecule has 1 aliphatic carbocycles. The molecular weight excluding hydrogens is 264 g/mol. The number of benzene rings is 1. The van der Waals surface area contributed by atoms with E-state index in [2.05, 4.69) is 13.8 Å². The highest BCUT2D eigenvalue weighted by molar-refractivity contribution is 5.43. The Balaban J connectivity index is 2.30. The second-order valence-corrected chi connectivity index (χ2v) is 6.68. The van der Waals surface area contributed by atoms with Gasteiger partial charge in [-0.2, -0.15) is 0 Å². The van der Waals surface area contributed by atoms with E-state index >= 15 is 0 Å². The average Bonchev–Trinajstić information content (AvgIpc) is 2.94. The summed E-state index contributed by atoms with van der Waals surface area (Å²) >= 11 is 0. The van der Waals surface area contributed by atoms with Crippen molar-refractivity contribution in [3.8, 4) is 11.5 Å². The van der Waals surface area contributed by atoms with E-state index in [1.165, 1.54) is 12.8 Å². The molecule has 0 aliphatic heterocycles. The maximum absolute atomic E-state index is 11.0. The molecule has 3 nitrogen and oxygen atoms in total. The molecule has 0 spiro atoms. The van der Waals surface area contributed by atoms with E-state index in [9.17, 15) is 5.11 Å². The van der Waals surface area contributed by atoms with Gasteiger partial charge in [-0.1, -0.05) is 32.8 Å². The normalized spacial score (nSPS) is 18.8. The third kappa shape index (κ3) is 3.34. The van der Waals surface area contributed by atoms with E-state index in [1.54, 1.807) is 14.2 Å². The Bertz CT molecular complexity index is 462. The van der Waals surface area contributed by atoms with Crippen LogP contribution in [0, 0.1) is 11.3 Å². The Morgan fingerprint density at radius 3 is 2.24 bits per heavy atom. The van der Waals surface area contributed by atoms with Gasteiger partial charge in [0.25, 0.3) is 0 Å². The molecule has 1 aromatic rings. The van der Waals surface area contributed by atoms with E-state index in [-0.39, 0.29) is 5.41 Å². The molecule has 0 bridgehead atoms. The number of aliphatic hydroxyl groups is 1. The van der Waals surface area contributed by atoms with E-state index < -0.39 is 6.10 Å². The first-order chi connectivity index (χ1) is 10.0. The van der Waals surface area contributed by atoms with Crippen LogP contribution in [0.4, 0.5) is 0 Å². The molecule has 1 aliphatic rings. The Labute approximate surface area is 128 Å². The molecule has 0 saturated heterocycles. The van der Waals surface area contributed by atoms with Crippen LogP contribution in [-0.4, -0.2) is 19.3 Å². The number of ether oxygens (including phenoxy) is 2. The summed E-state index contributed by atoms with van der Waals surface area (Å²) in [7, 11) is 3.26. The largest absolute Gasteiger partial charge is 0.493 e. The fraction of sp³-hybridized carbons (Fsp3) is 0.667. The molecule has 0 amide bonds. The summed E-state index contributed by atoms with van der Waals surface area (Å²) in [6, 6.07) is 5.77. The van der Waals surface area contributed by atoms with Gasteiger partial charge < -0.3 is 14.6 Å². The molecule has 1 saturated carbocycles. The quantitative estimate of drug-likeness (QED) is 0.847. The van der Waals surface area contributed by atoms with Gasteiger partial charge in [-0.25, -0.2) is 0 Å². The predicted octanol–water partition coefficient (Wildman–Crippen LogP) is 4.34. The Morgan fingerprint density at radius 2 is 1.71 bits per heavy atom. The van der Waals surface area contributed by atoms with Gasteiger partial charge >= 0.3 is 0 Å². The Hall–Kier alpha value is -1.22. The third-order valence-electron chi connectivity index (χ3n) is 4.72. The number of aliphatic hydroxyl groups excluding tert-OH is 1. The Morgan fingerprint density at radius 1 is 1.10 bits per heavy atom. The van der Waals surface area contributed by atoms with Crippen molar-refractivity contribution >= 4 is 0 Å². The number of rotatable bonds is 6. The van der Waals surface area contributed by atoms with Crippen LogP contribution >= 0.6 is 0 Å². The van der Waals surface area contributed by atoms with Crippen LogP contribution in [0.15, 0.2) is 18.2 Å². The van der Waals surface area contributed by atoms with Crippen LogP contribution < -0.4 is 9.47 Å². The molecule has 21 heavy (non-hydrogen) atoms. The van der Waals surface area contributed by atoms with Gasteiger partial charge in [0.15, 0.2) is 11.5 Å². The van der Waals surface area contributed by atoms with Crippen LogP contribution in [0.2, 0.25) is 0 Å². The summed E-state index contributed by atoms with van der Waals surface area (Å²) in [6.07, 6.45) is 5.31. The summed E-state index contributed by atoms with van der Waals surface area (Å²) in [5.74, 6) is 1.99. The standard InChI is InChI=1S/C18H28O3/c1-13(2)12-18(9-5-6-10-18)17(19)14-7-8-15(20-3)16(11-14)21-4/h7-8,11,13,17,19H,5-6,9-10,12H2,1-4H3. The van der Waals surface area contributed by atoms with Gasteiger partial charge in [0, 0.05) is 5.41 Å². The smallest absolute Gasteiger partial charge is 0.161 e. The molecule has 2 rings (SSSR count).